The van der Waals surface area contributed by atoms with Crippen molar-refractivity contribution >= 4 is 28.1 Å². The van der Waals surface area contributed by atoms with Crippen LogP contribution < -0.4 is 5.32 Å². The van der Waals surface area contributed by atoms with Crippen molar-refractivity contribution in [1.82, 2.24) is 30.0 Å². The van der Waals surface area contributed by atoms with E-state index in [-0.39, 0.29) is 6.04 Å². The number of nitrogens with one attached hydrogen (secondary N) is 1. The molecule has 35 heavy (non-hydrogen) atoms. The maximum Gasteiger partial charge on any atom is 0.451 e. The van der Waals surface area contributed by atoms with Crippen LogP contribution in [0.2, 0.25) is 0 Å². The summed E-state index contributed by atoms with van der Waals surface area (Å²) in [5.74, 6) is -1.62. The van der Waals surface area contributed by atoms with Gasteiger partial charge in [-0.3, -0.25) is 9.48 Å². The van der Waals surface area contributed by atoms with Gasteiger partial charge in [-0.15, -0.1) is 11.3 Å². The predicted molar refractivity (Wildman–Crippen MR) is 123 cm³/mol. The van der Waals surface area contributed by atoms with E-state index < -0.39 is 23.9 Å². The van der Waals surface area contributed by atoms with E-state index in [1.54, 1.807) is 25.3 Å². The van der Waals surface area contributed by atoms with Crippen LogP contribution in [0.15, 0.2) is 36.9 Å². The lowest BCUT2D eigenvalue weighted by Crippen LogP contribution is -2.27. The molecule has 1 aliphatic rings. The molecule has 3 aromatic heterocycles. The summed E-state index contributed by atoms with van der Waals surface area (Å²) in [7, 11) is 0. The van der Waals surface area contributed by atoms with Crippen LogP contribution in [-0.4, -0.2) is 43.9 Å². The fourth-order valence-corrected chi connectivity index (χ4v) is 4.71. The normalized spacial score (nSPS) is 17.1. The largest absolute Gasteiger partial charge is 0.451 e. The van der Waals surface area contributed by atoms with E-state index in [1.165, 1.54) is 11.3 Å². The van der Waals surface area contributed by atoms with Gasteiger partial charge in [-0.2, -0.15) is 18.3 Å². The van der Waals surface area contributed by atoms with Crippen LogP contribution in [0.4, 0.5) is 13.2 Å². The number of benzene rings is 1. The van der Waals surface area contributed by atoms with E-state index in [9.17, 15) is 18.0 Å². The smallest absolute Gasteiger partial charge is 0.379 e. The van der Waals surface area contributed by atoms with Gasteiger partial charge in [-0.05, 0) is 32.4 Å². The van der Waals surface area contributed by atoms with Crippen LogP contribution in [0.3, 0.4) is 0 Å². The van der Waals surface area contributed by atoms with Crippen LogP contribution in [0.1, 0.15) is 52.1 Å². The van der Waals surface area contributed by atoms with E-state index >= 15 is 0 Å². The van der Waals surface area contributed by atoms with Crippen molar-refractivity contribution < 1.29 is 22.7 Å². The Balaban J connectivity index is 1.46. The predicted octanol–water partition coefficient (Wildman–Crippen LogP) is 4.73. The first-order valence-corrected chi connectivity index (χ1v) is 11.7. The van der Waals surface area contributed by atoms with Crippen molar-refractivity contribution in [2.75, 3.05) is 13.2 Å². The third kappa shape index (κ3) is 4.76. The standard InChI is InChI=1S/C23H21F3N6O2S/c1-12-7-27-21(35-12)17-5-14(6-19-18(17)10-32(31-19)16-3-4-34-11-16)20(33)30-13(2)15-8-28-22(29-9-15)23(24,25)26/h5-10,13,16H,3-4,11H2,1-2H3,(H,30,33). The van der Waals surface area contributed by atoms with Gasteiger partial charge in [-0.25, -0.2) is 15.0 Å². The summed E-state index contributed by atoms with van der Waals surface area (Å²) in [5, 5.41) is 9.17. The summed E-state index contributed by atoms with van der Waals surface area (Å²) in [6, 6.07) is 2.99. The molecular formula is C23H21F3N6O2S. The minimum absolute atomic E-state index is 0.130. The molecule has 0 bridgehead atoms. The van der Waals surface area contributed by atoms with Crippen molar-refractivity contribution in [3.63, 3.8) is 0 Å². The summed E-state index contributed by atoms with van der Waals surface area (Å²) in [6.07, 6.45) is 2.11. The Morgan fingerprint density at radius 3 is 2.63 bits per heavy atom. The molecule has 2 unspecified atom stereocenters. The molecule has 5 rings (SSSR count). The highest BCUT2D eigenvalue weighted by Gasteiger charge is 2.34. The minimum atomic E-state index is -4.63. The van der Waals surface area contributed by atoms with Gasteiger partial charge >= 0.3 is 6.18 Å². The maximum atomic E-state index is 13.1. The van der Waals surface area contributed by atoms with Gasteiger partial charge in [0.2, 0.25) is 5.82 Å². The lowest BCUT2D eigenvalue weighted by Gasteiger charge is -2.15. The molecule has 1 aliphatic heterocycles. The van der Waals surface area contributed by atoms with Crippen molar-refractivity contribution in [1.29, 1.82) is 0 Å². The number of hydrogen-bond acceptors (Lipinski definition) is 7. The second-order valence-corrected chi connectivity index (χ2v) is 9.63. The number of nitrogens with zero attached hydrogens (tertiary/aromatic N) is 5. The van der Waals surface area contributed by atoms with Gasteiger partial charge in [0.15, 0.2) is 0 Å². The molecular weight excluding hydrogens is 481 g/mol. The van der Waals surface area contributed by atoms with Gasteiger partial charge in [0.05, 0.1) is 24.2 Å². The third-order valence-corrected chi connectivity index (χ3v) is 6.76. The number of fused-ring (bicyclic) bond motifs is 1. The first-order valence-electron chi connectivity index (χ1n) is 10.9. The number of hydrogen-bond donors (Lipinski definition) is 1. The number of alkyl halides is 3. The lowest BCUT2D eigenvalue weighted by atomic mass is 10.0. The number of carbonyl (C=O) groups excluding carboxylic acids is 1. The van der Waals surface area contributed by atoms with Crippen molar-refractivity contribution in [2.45, 2.75) is 38.5 Å². The van der Waals surface area contributed by atoms with E-state index in [0.29, 0.717) is 29.9 Å². The summed E-state index contributed by atoms with van der Waals surface area (Å²) in [5.41, 5.74) is 2.17. The number of halogens is 3. The van der Waals surface area contributed by atoms with Gasteiger partial charge in [-0.1, -0.05) is 0 Å². The second kappa shape index (κ2) is 9.00. The van der Waals surface area contributed by atoms with Crippen molar-refractivity contribution in [2.24, 2.45) is 0 Å². The van der Waals surface area contributed by atoms with Crippen molar-refractivity contribution in [3.8, 4) is 10.6 Å². The Morgan fingerprint density at radius 1 is 1.23 bits per heavy atom. The number of amides is 1. The Kier molecular flexibility index (Phi) is 6.01. The van der Waals surface area contributed by atoms with Crippen molar-refractivity contribution in [3.05, 3.63) is 58.7 Å². The molecule has 1 N–H and O–H groups in total. The molecule has 0 saturated carbocycles. The highest BCUT2D eigenvalue weighted by atomic mass is 32.1. The topological polar surface area (TPSA) is 94.8 Å². The third-order valence-electron chi connectivity index (χ3n) is 5.81. The first kappa shape index (κ1) is 23.4. The van der Waals surface area contributed by atoms with Crippen LogP contribution in [0.25, 0.3) is 21.5 Å². The lowest BCUT2D eigenvalue weighted by molar-refractivity contribution is -0.145. The number of aryl methyl sites for hydroxylation is 1. The Hall–Kier alpha value is -3.38. The molecule has 1 amide bonds. The minimum Gasteiger partial charge on any atom is -0.379 e. The van der Waals surface area contributed by atoms with Crippen LogP contribution in [-0.2, 0) is 10.9 Å². The highest BCUT2D eigenvalue weighted by molar-refractivity contribution is 7.15. The van der Waals surface area contributed by atoms with Crippen LogP contribution >= 0.6 is 11.3 Å². The molecule has 8 nitrogen and oxygen atoms in total. The molecule has 182 valence electrons. The van der Waals surface area contributed by atoms with Gasteiger partial charge in [0.1, 0.15) is 5.01 Å². The SMILES string of the molecule is Cc1cnc(-c2cc(C(=O)NC(C)c3cnc(C(F)(F)F)nc3)cc3nn(C4CCOC4)cc23)s1. The Labute approximate surface area is 202 Å². The molecule has 4 heterocycles. The monoisotopic (exact) mass is 502 g/mol. The molecule has 2 atom stereocenters. The second-order valence-electron chi connectivity index (χ2n) is 8.39. The number of thiazole rings is 1. The summed E-state index contributed by atoms with van der Waals surface area (Å²) in [6.45, 7) is 4.88. The van der Waals surface area contributed by atoms with Gasteiger partial charge < -0.3 is 10.1 Å². The quantitative estimate of drug-likeness (QED) is 0.424. The molecule has 12 heteroatoms. The van der Waals surface area contributed by atoms with Gasteiger partial charge in [0, 0.05) is 58.3 Å². The summed E-state index contributed by atoms with van der Waals surface area (Å²) in [4.78, 5) is 25.4. The first-order chi connectivity index (χ1) is 16.7. The number of carbonyl (C=O) groups is 1. The molecule has 4 aromatic rings. The fraction of sp³-hybridized carbons (Fsp3) is 0.348. The number of rotatable bonds is 5. The Morgan fingerprint density at radius 2 is 2.00 bits per heavy atom. The van der Waals surface area contributed by atoms with E-state index in [1.807, 2.05) is 17.8 Å². The zero-order chi connectivity index (χ0) is 24.7. The molecule has 1 fully saturated rings. The summed E-state index contributed by atoms with van der Waals surface area (Å²) >= 11 is 1.52. The number of ether oxygens (including phenoxy) is 1. The average Bonchev–Trinajstić information content (AvgIpc) is 3.58. The zero-order valence-corrected chi connectivity index (χ0v) is 19.7. The van der Waals surface area contributed by atoms with E-state index in [4.69, 9.17) is 9.84 Å². The molecule has 1 saturated heterocycles. The summed E-state index contributed by atoms with van der Waals surface area (Å²) < 4.78 is 45.6. The van der Waals surface area contributed by atoms with E-state index in [2.05, 4.69) is 20.3 Å². The average molecular weight is 503 g/mol. The number of aromatic nitrogens is 5. The molecule has 0 spiro atoms. The van der Waals surface area contributed by atoms with Gasteiger partial charge in [0.25, 0.3) is 5.91 Å². The maximum absolute atomic E-state index is 13.1. The molecule has 1 aromatic carbocycles. The van der Waals surface area contributed by atoms with Crippen LogP contribution in [0.5, 0.6) is 0 Å². The highest BCUT2D eigenvalue weighted by Crippen LogP contribution is 2.34. The fourth-order valence-electron chi connectivity index (χ4n) is 3.92. The Bertz CT molecular complexity index is 1380. The molecule has 0 radical (unpaired) electrons. The zero-order valence-electron chi connectivity index (χ0n) is 18.8. The molecule has 0 aliphatic carbocycles. The van der Waals surface area contributed by atoms with Crippen LogP contribution in [0, 0.1) is 6.92 Å². The van der Waals surface area contributed by atoms with E-state index in [0.717, 1.165) is 39.6 Å².